The summed E-state index contributed by atoms with van der Waals surface area (Å²) in [5, 5.41) is 1.07. The SMILES string of the molecule is CCCCS(=O)(=O)NC1(c2ccc(Cl)cc2Cl)CC1. The van der Waals surface area contributed by atoms with Crippen LogP contribution in [0.5, 0.6) is 0 Å². The van der Waals surface area contributed by atoms with Gasteiger partial charge in [0.1, 0.15) is 0 Å². The number of unbranched alkanes of at least 4 members (excludes halogenated alkanes) is 1. The third-order valence-corrected chi connectivity index (χ3v) is 5.39. The normalized spacial score (nSPS) is 17.4. The van der Waals surface area contributed by atoms with Crippen LogP contribution in [0, 0.1) is 0 Å². The molecule has 0 bridgehead atoms. The molecule has 1 aliphatic rings. The molecule has 2 rings (SSSR count). The summed E-state index contributed by atoms with van der Waals surface area (Å²) in [6.45, 7) is 1.97. The summed E-state index contributed by atoms with van der Waals surface area (Å²) in [7, 11) is -3.26. The summed E-state index contributed by atoms with van der Waals surface area (Å²) < 4.78 is 26.8. The summed E-state index contributed by atoms with van der Waals surface area (Å²) in [5.74, 6) is 0.163. The first-order chi connectivity index (χ1) is 8.88. The van der Waals surface area contributed by atoms with E-state index in [0.717, 1.165) is 24.8 Å². The molecule has 1 aromatic rings. The highest BCUT2D eigenvalue weighted by molar-refractivity contribution is 7.89. The van der Waals surface area contributed by atoms with Crippen molar-refractivity contribution < 1.29 is 8.42 Å². The maximum absolute atomic E-state index is 12.0. The van der Waals surface area contributed by atoms with Crippen LogP contribution in [0.2, 0.25) is 10.0 Å². The zero-order chi connectivity index (χ0) is 14.1. The second-order valence-corrected chi connectivity index (χ2v) is 7.67. The number of nitrogens with one attached hydrogen (secondary N) is 1. The molecule has 0 radical (unpaired) electrons. The van der Waals surface area contributed by atoms with E-state index in [0.29, 0.717) is 16.5 Å². The van der Waals surface area contributed by atoms with Gasteiger partial charge in [-0.1, -0.05) is 42.6 Å². The lowest BCUT2D eigenvalue weighted by Crippen LogP contribution is -2.36. The fourth-order valence-corrected chi connectivity index (χ4v) is 4.38. The minimum atomic E-state index is -3.26. The summed E-state index contributed by atoms with van der Waals surface area (Å²) in [6, 6.07) is 5.20. The van der Waals surface area contributed by atoms with E-state index in [1.54, 1.807) is 18.2 Å². The van der Waals surface area contributed by atoms with E-state index < -0.39 is 15.6 Å². The van der Waals surface area contributed by atoms with Crippen LogP contribution in [0.15, 0.2) is 18.2 Å². The Bertz CT molecular complexity index is 568. The third kappa shape index (κ3) is 3.63. The molecule has 106 valence electrons. The number of benzene rings is 1. The van der Waals surface area contributed by atoms with Crippen LogP contribution in [0.3, 0.4) is 0 Å². The highest BCUT2D eigenvalue weighted by Crippen LogP contribution is 2.49. The molecule has 0 atom stereocenters. The zero-order valence-electron chi connectivity index (χ0n) is 10.7. The highest BCUT2D eigenvalue weighted by atomic mass is 35.5. The molecule has 3 nitrogen and oxygen atoms in total. The molecular weight excluding hydrogens is 305 g/mol. The van der Waals surface area contributed by atoms with Gasteiger partial charge in [-0.2, -0.15) is 0 Å². The van der Waals surface area contributed by atoms with Crippen molar-refractivity contribution >= 4 is 33.2 Å². The van der Waals surface area contributed by atoms with Crippen LogP contribution in [0.4, 0.5) is 0 Å². The van der Waals surface area contributed by atoms with Crippen LogP contribution < -0.4 is 4.72 Å². The van der Waals surface area contributed by atoms with Crippen molar-refractivity contribution in [3.63, 3.8) is 0 Å². The Morgan fingerprint density at radius 2 is 2.00 bits per heavy atom. The molecular formula is C13H17Cl2NO2S. The second kappa shape index (κ2) is 5.60. The van der Waals surface area contributed by atoms with Gasteiger partial charge in [0, 0.05) is 10.0 Å². The molecule has 6 heteroatoms. The van der Waals surface area contributed by atoms with Gasteiger partial charge < -0.3 is 0 Å². The van der Waals surface area contributed by atoms with Gasteiger partial charge in [0.25, 0.3) is 0 Å². The fraction of sp³-hybridized carbons (Fsp3) is 0.538. The Morgan fingerprint density at radius 1 is 1.32 bits per heavy atom. The first-order valence-electron chi connectivity index (χ1n) is 6.36. The summed E-state index contributed by atoms with van der Waals surface area (Å²) in [5.41, 5.74) is 0.299. The standard InChI is InChI=1S/C13H17Cl2NO2S/c1-2-3-8-19(17,18)16-13(6-7-13)11-5-4-10(14)9-12(11)15/h4-5,9,16H,2-3,6-8H2,1H3. The van der Waals surface area contributed by atoms with Crippen molar-refractivity contribution in [2.24, 2.45) is 0 Å². The van der Waals surface area contributed by atoms with Crippen molar-refractivity contribution in [3.05, 3.63) is 33.8 Å². The van der Waals surface area contributed by atoms with Gasteiger partial charge in [-0.05, 0) is 37.0 Å². The first-order valence-corrected chi connectivity index (χ1v) is 8.76. The van der Waals surface area contributed by atoms with E-state index in [2.05, 4.69) is 4.72 Å². The lowest BCUT2D eigenvalue weighted by Gasteiger charge is -2.19. The fourth-order valence-electron chi connectivity index (χ4n) is 2.11. The molecule has 0 heterocycles. The van der Waals surface area contributed by atoms with E-state index in [9.17, 15) is 8.42 Å². The van der Waals surface area contributed by atoms with E-state index in [4.69, 9.17) is 23.2 Å². The predicted molar refractivity (Wildman–Crippen MR) is 79.2 cm³/mol. The Morgan fingerprint density at radius 3 is 2.53 bits per heavy atom. The van der Waals surface area contributed by atoms with Gasteiger partial charge in [0.2, 0.25) is 10.0 Å². The van der Waals surface area contributed by atoms with Crippen molar-refractivity contribution in [3.8, 4) is 0 Å². The van der Waals surface area contributed by atoms with Gasteiger partial charge in [-0.15, -0.1) is 0 Å². The van der Waals surface area contributed by atoms with Crippen LogP contribution >= 0.6 is 23.2 Å². The molecule has 1 aliphatic carbocycles. The smallest absolute Gasteiger partial charge is 0.212 e. The van der Waals surface area contributed by atoms with Crippen molar-refractivity contribution in [1.29, 1.82) is 0 Å². The molecule has 0 amide bonds. The summed E-state index contributed by atoms with van der Waals surface area (Å²) in [6.07, 6.45) is 3.08. The molecule has 1 saturated carbocycles. The molecule has 0 aliphatic heterocycles. The molecule has 19 heavy (non-hydrogen) atoms. The van der Waals surface area contributed by atoms with Crippen molar-refractivity contribution in [1.82, 2.24) is 4.72 Å². The first kappa shape index (κ1) is 15.1. The minimum Gasteiger partial charge on any atom is -0.212 e. The Kier molecular flexibility index (Phi) is 4.45. The Balaban J connectivity index is 2.20. The molecule has 0 aromatic heterocycles. The molecule has 1 N–H and O–H groups in total. The summed E-state index contributed by atoms with van der Waals surface area (Å²) in [4.78, 5) is 0. The lowest BCUT2D eigenvalue weighted by atomic mass is 10.1. The molecule has 1 aromatic carbocycles. The van der Waals surface area contributed by atoms with Gasteiger partial charge in [0.15, 0.2) is 0 Å². The number of hydrogen-bond acceptors (Lipinski definition) is 2. The predicted octanol–water partition coefficient (Wildman–Crippen LogP) is 3.70. The Labute approximate surface area is 124 Å². The molecule has 1 fully saturated rings. The molecule has 0 unspecified atom stereocenters. The van der Waals surface area contributed by atoms with Crippen LogP contribution in [0.1, 0.15) is 38.2 Å². The van der Waals surface area contributed by atoms with E-state index in [1.807, 2.05) is 6.92 Å². The second-order valence-electron chi connectivity index (χ2n) is 4.98. The van der Waals surface area contributed by atoms with Gasteiger partial charge >= 0.3 is 0 Å². The highest BCUT2D eigenvalue weighted by Gasteiger charge is 2.48. The average Bonchev–Trinajstić information content (AvgIpc) is 3.06. The topological polar surface area (TPSA) is 46.2 Å². The van der Waals surface area contributed by atoms with Crippen LogP contribution in [0.25, 0.3) is 0 Å². The van der Waals surface area contributed by atoms with Gasteiger partial charge in [-0.25, -0.2) is 13.1 Å². The molecule has 0 spiro atoms. The summed E-state index contributed by atoms with van der Waals surface area (Å²) >= 11 is 12.0. The lowest BCUT2D eigenvalue weighted by molar-refractivity contribution is 0.549. The zero-order valence-corrected chi connectivity index (χ0v) is 13.1. The number of sulfonamides is 1. The average molecular weight is 322 g/mol. The van der Waals surface area contributed by atoms with Crippen molar-refractivity contribution in [2.75, 3.05) is 5.75 Å². The quantitative estimate of drug-likeness (QED) is 0.868. The maximum atomic E-state index is 12.0. The van der Waals surface area contributed by atoms with E-state index >= 15 is 0 Å². The van der Waals surface area contributed by atoms with Crippen molar-refractivity contribution in [2.45, 2.75) is 38.1 Å². The minimum absolute atomic E-state index is 0.163. The monoisotopic (exact) mass is 321 g/mol. The molecule has 0 saturated heterocycles. The number of rotatable bonds is 6. The third-order valence-electron chi connectivity index (χ3n) is 3.31. The largest absolute Gasteiger partial charge is 0.212 e. The van der Waals surface area contributed by atoms with Gasteiger partial charge in [-0.3, -0.25) is 0 Å². The number of hydrogen-bond donors (Lipinski definition) is 1. The number of halogens is 2. The van der Waals surface area contributed by atoms with Crippen LogP contribution in [-0.4, -0.2) is 14.2 Å². The van der Waals surface area contributed by atoms with E-state index in [1.165, 1.54) is 0 Å². The Hall–Kier alpha value is -0.290. The van der Waals surface area contributed by atoms with E-state index in [-0.39, 0.29) is 5.75 Å². The van der Waals surface area contributed by atoms with Gasteiger partial charge in [0.05, 0.1) is 11.3 Å². The maximum Gasteiger partial charge on any atom is 0.212 e. The van der Waals surface area contributed by atoms with Crippen LogP contribution in [-0.2, 0) is 15.6 Å².